The van der Waals surface area contributed by atoms with Crippen molar-refractivity contribution in [1.82, 2.24) is 9.97 Å². The average Bonchev–Trinajstić information content (AvgIpc) is 2.95. The van der Waals surface area contributed by atoms with Gasteiger partial charge in [0.25, 0.3) is 0 Å². The van der Waals surface area contributed by atoms with Crippen molar-refractivity contribution in [3.63, 3.8) is 0 Å². The molecule has 1 fully saturated rings. The van der Waals surface area contributed by atoms with E-state index in [1.807, 2.05) is 44.4 Å². The molecule has 1 aliphatic heterocycles. The van der Waals surface area contributed by atoms with Crippen LogP contribution in [0.4, 0.5) is 5.82 Å². The zero-order chi connectivity index (χ0) is 16.2. The standard InChI is InChI=1S/C18H20N4O/c1-12-7-13(2)21-18(16(12)9-19)22-17-11-23-10-15(17)8-14-3-5-20-6-4-14/h3-7,15,17H,8,10-11H2,1-2H3,(H,21,22)/t15-,17+/m1/s1. The lowest BCUT2D eigenvalue weighted by molar-refractivity contribution is 0.185. The van der Waals surface area contributed by atoms with Gasteiger partial charge in [0.05, 0.1) is 24.8 Å². The first-order valence-corrected chi connectivity index (χ1v) is 7.79. The second kappa shape index (κ2) is 6.76. The third kappa shape index (κ3) is 3.49. The molecule has 0 radical (unpaired) electrons. The molecular formula is C18H20N4O. The summed E-state index contributed by atoms with van der Waals surface area (Å²) in [5.74, 6) is 1.02. The number of nitrogens with zero attached hydrogens (tertiary/aromatic N) is 3. The SMILES string of the molecule is Cc1cc(C)c(C#N)c(N[C@H]2COC[C@H]2Cc2ccncc2)n1. The molecule has 0 spiro atoms. The zero-order valence-corrected chi connectivity index (χ0v) is 13.4. The van der Waals surface area contributed by atoms with Crippen LogP contribution in [-0.4, -0.2) is 29.2 Å². The highest BCUT2D eigenvalue weighted by atomic mass is 16.5. The third-order valence-electron chi connectivity index (χ3n) is 4.22. The normalized spacial score (nSPS) is 20.2. The summed E-state index contributed by atoms with van der Waals surface area (Å²) in [6, 6.07) is 8.41. The summed E-state index contributed by atoms with van der Waals surface area (Å²) < 4.78 is 5.66. The summed E-state index contributed by atoms with van der Waals surface area (Å²) in [4.78, 5) is 8.57. The van der Waals surface area contributed by atoms with E-state index in [0.29, 0.717) is 30.5 Å². The molecule has 2 aromatic heterocycles. The van der Waals surface area contributed by atoms with E-state index in [1.54, 1.807) is 0 Å². The van der Waals surface area contributed by atoms with Gasteiger partial charge in [-0.25, -0.2) is 4.98 Å². The molecule has 5 nitrogen and oxygen atoms in total. The number of nitriles is 1. The molecule has 0 aliphatic carbocycles. The van der Waals surface area contributed by atoms with Crippen molar-refractivity contribution >= 4 is 5.82 Å². The smallest absolute Gasteiger partial charge is 0.144 e. The predicted octanol–water partition coefficient (Wildman–Crippen LogP) is 2.63. The number of aryl methyl sites for hydroxylation is 2. The molecule has 0 amide bonds. The van der Waals surface area contributed by atoms with Crippen molar-refractivity contribution in [1.29, 1.82) is 5.26 Å². The number of rotatable bonds is 4. The minimum Gasteiger partial charge on any atom is -0.379 e. The van der Waals surface area contributed by atoms with E-state index in [2.05, 4.69) is 21.4 Å². The molecule has 0 saturated carbocycles. The highest BCUT2D eigenvalue weighted by molar-refractivity contribution is 5.57. The lowest BCUT2D eigenvalue weighted by Crippen LogP contribution is -2.30. The van der Waals surface area contributed by atoms with Crippen LogP contribution in [0.1, 0.15) is 22.4 Å². The Hall–Kier alpha value is -2.45. The van der Waals surface area contributed by atoms with Crippen LogP contribution in [0.15, 0.2) is 30.6 Å². The van der Waals surface area contributed by atoms with Gasteiger partial charge in [-0.05, 0) is 49.6 Å². The van der Waals surface area contributed by atoms with E-state index in [9.17, 15) is 5.26 Å². The number of aromatic nitrogens is 2. The second-order valence-corrected chi connectivity index (χ2v) is 6.02. The lowest BCUT2D eigenvalue weighted by Gasteiger charge is -2.21. The number of pyridine rings is 2. The van der Waals surface area contributed by atoms with Crippen LogP contribution in [0.3, 0.4) is 0 Å². The van der Waals surface area contributed by atoms with Gasteiger partial charge in [-0.3, -0.25) is 4.98 Å². The number of anilines is 1. The summed E-state index contributed by atoms with van der Waals surface area (Å²) in [6.07, 6.45) is 4.55. The van der Waals surface area contributed by atoms with Gasteiger partial charge in [-0.1, -0.05) is 0 Å². The monoisotopic (exact) mass is 308 g/mol. The molecule has 2 atom stereocenters. The van der Waals surface area contributed by atoms with Crippen LogP contribution >= 0.6 is 0 Å². The van der Waals surface area contributed by atoms with Crippen LogP contribution in [0.25, 0.3) is 0 Å². The van der Waals surface area contributed by atoms with Crippen molar-refractivity contribution in [3.8, 4) is 6.07 Å². The van der Waals surface area contributed by atoms with Crippen LogP contribution in [-0.2, 0) is 11.2 Å². The van der Waals surface area contributed by atoms with Gasteiger partial charge in [0.15, 0.2) is 0 Å². The van der Waals surface area contributed by atoms with Gasteiger partial charge >= 0.3 is 0 Å². The minimum atomic E-state index is 0.156. The summed E-state index contributed by atoms with van der Waals surface area (Å²) in [7, 11) is 0. The van der Waals surface area contributed by atoms with Gasteiger partial charge in [-0.2, -0.15) is 5.26 Å². The highest BCUT2D eigenvalue weighted by Gasteiger charge is 2.29. The Morgan fingerprint density at radius 1 is 1.30 bits per heavy atom. The Labute approximate surface area is 136 Å². The van der Waals surface area contributed by atoms with Crippen LogP contribution in [0.2, 0.25) is 0 Å². The molecule has 5 heteroatoms. The summed E-state index contributed by atoms with van der Waals surface area (Å²) in [5.41, 5.74) is 3.72. The fourth-order valence-corrected chi connectivity index (χ4v) is 3.04. The molecule has 2 aromatic rings. The Balaban J connectivity index is 1.78. The van der Waals surface area contributed by atoms with E-state index < -0.39 is 0 Å². The Bertz CT molecular complexity index is 724. The van der Waals surface area contributed by atoms with E-state index in [0.717, 1.165) is 17.7 Å². The number of nitrogens with one attached hydrogen (secondary N) is 1. The second-order valence-electron chi connectivity index (χ2n) is 6.02. The van der Waals surface area contributed by atoms with Crippen molar-refractivity contribution in [2.45, 2.75) is 26.3 Å². The first-order chi connectivity index (χ1) is 11.2. The first kappa shape index (κ1) is 15.4. The topological polar surface area (TPSA) is 70.8 Å². The van der Waals surface area contributed by atoms with Gasteiger partial charge in [-0.15, -0.1) is 0 Å². The molecule has 118 valence electrons. The van der Waals surface area contributed by atoms with E-state index in [4.69, 9.17) is 4.74 Å². The van der Waals surface area contributed by atoms with Gasteiger partial charge in [0.2, 0.25) is 0 Å². The molecule has 3 heterocycles. The molecule has 23 heavy (non-hydrogen) atoms. The van der Waals surface area contributed by atoms with Gasteiger partial charge in [0.1, 0.15) is 11.9 Å². The number of ether oxygens (including phenoxy) is 1. The average molecular weight is 308 g/mol. The molecule has 0 unspecified atom stereocenters. The Kier molecular flexibility index (Phi) is 4.54. The van der Waals surface area contributed by atoms with E-state index >= 15 is 0 Å². The van der Waals surface area contributed by atoms with Crippen LogP contribution in [0, 0.1) is 31.1 Å². The molecule has 0 aromatic carbocycles. The van der Waals surface area contributed by atoms with Gasteiger partial charge < -0.3 is 10.1 Å². The Morgan fingerprint density at radius 3 is 2.83 bits per heavy atom. The quantitative estimate of drug-likeness (QED) is 0.940. The molecule has 0 bridgehead atoms. The van der Waals surface area contributed by atoms with Crippen LogP contribution in [0.5, 0.6) is 0 Å². The summed E-state index contributed by atoms with van der Waals surface area (Å²) >= 11 is 0. The molecule has 1 N–H and O–H groups in total. The van der Waals surface area contributed by atoms with Crippen molar-refractivity contribution in [2.24, 2.45) is 5.92 Å². The maximum atomic E-state index is 9.40. The molecule has 1 aliphatic rings. The van der Waals surface area contributed by atoms with Crippen molar-refractivity contribution < 1.29 is 4.74 Å². The highest BCUT2D eigenvalue weighted by Crippen LogP contribution is 2.25. The first-order valence-electron chi connectivity index (χ1n) is 7.79. The number of hydrogen-bond donors (Lipinski definition) is 1. The largest absolute Gasteiger partial charge is 0.379 e. The molecule has 3 rings (SSSR count). The fourth-order valence-electron chi connectivity index (χ4n) is 3.04. The van der Waals surface area contributed by atoms with E-state index in [1.165, 1.54) is 5.56 Å². The molecule has 1 saturated heterocycles. The third-order valence-corrected chi connectivity index (χ3v) is 4.22. The Morgan fingerprint density at radius 2 is 2.09 bits per heavy atom. The van der Waals surface area contributed by atoms with Crippen LogP contribution < -0.4 is 5.32 Å². The summed E-state index contributed by atoms with van der Waals surface area (Å²) in [5, 5.41) is 12.8. The van der Waals surface area contributed by atoms with Gasteiger partial charge in [0, 0.05) is 24.0 Å². The fraction of sp³-hybridized carbons (Fsp3) is 0.389. The number of hydrogen-bond acceptors (Lipinski definition) is 5. The summed E-state index contributed by atoms with van der Waals surface area (Å²) in [6.45, 7) is 5.24. The zero-order valence-electron chi connectivity index (χ0n) is 13.4. The van der Waals surface area contributed by atoms with Crippen molar-refractivity contribution in [3.05, 3.63) is 53.0 Å². The van der Waals surface area contributed by atoms with Crippen molar-refractivity contribution in [2.75, 3.05) is 18.5 Å². The minimum absolute atomic E-state index is 0.156. The molecular weight excluding hydrogens is 288 g/mol. The maximum absolute atomic E-state index is 9.40. The predicted molar refractivity (Wildman–Crippen MR) is 88.1 cm³/mol. The lowest BCUT2D eigenvalue weighted by atomic mass is 9.95. The van der Waals surface area contributed by atoms with E-state index in [-0.39, 0.29) is 6.04 Å². The maximum Gasteiger partial charge on any atom is 0.144 e.